The molecule has 2 rings (SSSR count). The van der Waals surface area contributed by atoms with Gasteiger partial charge in [-0.2, -0.15) is 0 Å². The molecule has 26 heavy (non-hydrogen) atoms. The van der Waals surface area contributed by atoms with Gasteiger partial charge in [0.1, 0.15) is 11.5 Å². The SMILES string of the molecule is COc1ccc(C[C@@H](CN2CCCC2)NCCCCCCC(C)=O)cc1. The van der Waals surface area contributed by atoms with E-state index in [4.69, 9.17) is 4.74 Å². The van der Waals surface area contributed by atoms with Gasteiger partial charge in [0.15, 0.2) is 0 Å². The summed E-state index contributed by atoms with van der Waals surface area (Å²) in [7, 11) is 1.71. The van der Waals surface area contributed by atoms with Gasteiger partial charge in [-0.3, -0.25) is 0 Å². The van der Waals surface area contributed by atoms with E-state index >= 15 is 0 Å². The van der Waals surface area contributed by atoms with Crippen LogP contribution in [0.1, 0.15) is 57.4 Å². The van der Waals surface area contributed by atoms with Crippen LogP contribution in [0.5, 0.6) is 5.75 Å². The van der Waals surface area contributed by atoms with Crippen LogP contribution in [-0.4, -0.2) is 50.0 Å². The third-order valence-corrected chi connectivity index (χ3v) is 5.21. The highest BCUT2D eigenvalue weighted by atomic mass is 16.5. The first kappa shape index (κ1) is 20.9. The van der Waals surface area contributed by atoms with Gasteiger partial charge in [0.05, 0.1) is 7.11 Å². The van der Waals surface area contributed by atoms with E-state index in [0.717, 1.165) is 44.5 Å². The number of carbonyl (C=O) groups is 1. The quantitative estimate of drug-likeness (QED) is 0.543. The van der Waals surface area contributed by atoms with Crippen LogP contribution in [0.2, 0.25) is 0 Å². The molecule has 146 valence electrons. The predicted octanol–water partition coefficient (Wildman–Crippen LogP) is 3.83. The monoisotopic (exact) mass is 360 g/mol. The molecule has 1 saturated heterocycles. The fourth-order valence-corrected chi connectivity index (χ4v) is 3.68. The van der Waals surface area contributed by atoms with Crippen LogP contribution in [0.15, 0.2) is 24.3 Å². The number of nitrogens with zero attached hydrogens (tertiary/aromatic N) is 1. The molecule has 0 aliphatic carbocycles. The van der Waals surface area contributed by atoms with Crippen molar-refractivity contribution in [2.75, 3.05) is 33.3 Å². The first-order chi connectivity index (χ1) is 12.7. The van der Waals surface area contributed by atoms with Gasteiger partial charge in [-0.15, -0.1) is 0 Å². The second-order valence-corrected chi connectivity index (χ2v) is 7.58. The predicted molar refractivity (Wildman–Crippen MR) is 108 cm³/mol. The Morgan fingerprint density at radius 3 is 2.46 bits per heavy atom. The molecule has 1 aromatic carbocycles. The third kappa shape index (κ3) is 8.33. The molecule has 0 spiro atoms. The minimum absolute atomic E-state index is 0.313. The van der Waals surface area contributed by atoms with Crippen LogP contribution in [0.25, 0.3) is 0 Å². The summed E-state index contributed by atoms with van der Waals surface area (Å²) in [6.45, 7) is 6.37. The summed E-state index contributed by atoms with van der Waals surface area (Å²) < 4.78 is 5.26. The average Bonchev–Trinajstić information content (AvgIpc) is 3.14. The molecular weight excluding hydrogens is 324 g/mol. The summed E-state index contributed by atoms with van der Waals surface area (Å²) in [6, 6.07) is 8.96. The lowest BCUT2D eigenvalue weighted by molar-refractivity contribution is -0.117. The van der Waals surface area contributed by atoms with E-state index in [2.05, 4.69) is 34.5 Å². The number of ether oxygens (including phenoxy) is 1. The summed E-state index contributed by atoms with van der Waals surface area (Å²) in [5.41, 5.74) is 1.36. The zero-order chi connectivity index (χ0) is 18.6. The summed E-state index contributed by atoms with van der Waals surface area (Å²) in [5, 5.41) is 3.78. The first-order valence-electron chi connectivity index (χ1n) is 10.3. The second-order valence-electron chi connectivity index (χ2n) is 7.58. The summed E-state index contributed by atoms with van der Waals surface area (Å²) in [6.07, 6.45) is 9.08. The molecule has 0 amide bonds. The van der Waals surface area contributed by atoms with Crippen LogP contribution in [0.3, 0.4) is 0 Å². The smallest absolute Gasteiger partial charge is 0.129 e. The number of hydrogen-bond donors (Lipinski definition) is 1. The zero-order valence-electron chi connectivity index (χ0n) is 16.6. The van der Waals surface area contributed by atoms with Crippen molar-refractivity contribution in [1.82, 2.24) is 10.2 Å². The highest BCUT2D eigenvalue weighted by molar-refractivity contribution is 5.75. The van der Waals surface area contributed by atoms with Crippen molar-refractivity contribution in [2.24, 2.45) is 0 Å². The normalized spacial score (nSPS) is 15.9. The van der Waals surface area contributed by atoms with Crippen molar-refractivity contribution in [1.29, 1.82) is 0 Å². The zero-order valence-corrected chi connectivity index (χ0v) is 16.6. The molecule has 1 aliphatic rings. The number of methoxy groups -OCH3 is 1. The van der Waals surface area contributed by atoms with Crippen molar-refractivity contribution >= 4 is 5.78 Å². The molecular formula is C22H36N2O2. The van der Waals surface area contributed by atoms with Crippen molar-refractivity contribution in [3.05, 3.63) is 29.8 Å². The van der Waals surface area contributed by atoms with Crippen molar-refractivity contribution in [3.63, 3.8) is 0 Å². The van der Waals surface area contributed by atoms with Crippen LogP contribution in [-0.2, 0) is 11.2 Å². The Labute approximate surface area is 159 Å². The molecule has 1 aromatic rings. The van der Waals surface area contributed by atoms with Crippen molar-refractivity contribution < 1.29 is 9.53 Å². The molecule has 4 nitrogen and oxygen atoms in total. The van der Waals surface area contributed by atoms with Gasteiger partial charge in [-0.05, 0) is 76.4 Å². The maximum Gasteiger partial charge on any atom is 0.129 e. The maximum absolute atomic E-state index is 11.0. The minimum Gasteiger partial charge on any atom is -0.497 e. The fraction of sp³-hybridized carbons (Fsp3) is 0.682. The van der Waals surface area contributed by atoms with Crippen LogP contribution in [0, 0.1) is 0 Å². The number of ketones is 1. The van der Waals surface area contributed by atoms with E-state index in [1.165, 1.54) is 44.3 Å². The molecule has 0 unspecified atom stereocenters. The van der Waals surface area contributed by atoms with E-state index in [-0.39, 0.29) is 0 Å². The van der Waals surface area contributed by atoms with Gasteiger partial charge in [0.2, 0.25) is 0 Å². The molecule has 0 bridgehead atoms. The van der Waals surface area contributed by atoms with Gasteiger partial charge in [0, 0.05) is 19.0 Å². The van der Waals surface area contributed by atoms with E-state index in [1.807, 2.05) is 0 Å². The Bertz CT molecular complexity index is 509. The molecule has 1 fully saturated rings. The average molecular weight is 361 g/mol. The second kappa shape index (κ2) is 12.1. The summed E-state index contributed by atoms with van der Waals surface area (Å²) >= 11 is 0. The summed E-state index contributed by atoms with van der Waals surface area (Å²) in [5.74, 6) is 1.23. The molecule has 1 aliphatic heterocycles. The lowest BCUT2D eigenvalue weighted by Gasteiger charge is -2.25. The van der Waals surface area contributed by atoms with Crippen LogP contribution < -0.4 is 10.1 Å². The standard InChI is InChI=1S/C22H36N2O2/c1-19(25)9-5-3-4-6-14-23-21(18-24-15-7-8-16-24)17-20-10-12-22(26-2)13-11-20/h10-13,21,23H,3-9,14-18H2,1-2H3/t21-/m0/s1. The lowest BCUT2D eigenvalue weighted by Crippen LogP contribution is -2.42. The number of carbonyl (C=O) groups excluding carboxylic acids is 1. The van der Waals surface area contributed by atoms with Crippen LogP contribution in [0.4, 0.5) is 0 Å². The molecule has 0 radical (unpaired) electrons. The highest BCUT2D eigenvalue weighted by Crippen LogP contribution is 2.15. The van der Waals surface area contributed by atoms with Crippen LogP contribution >= 0.6 is 0 Å². The van der Waals surface area contributed by atoms with E-state index in [9.17, 15) is 4.79 Å². The fourth-order valence-electron chi connectivity index (χ4n) is 3.68. The van der Waals surface area contributed by atoms with E-state index in [0.29, 0.717) is 11.8 Å². The number of hydrogen-bond acceptors (Lipinski definition) is 4. The van der Waals surface area contributed by atoms with Gasteiger partial charge in [-0.25, -0.2) is 0 Å². The van der Waals surface area contributed by atoms with E-state index in [1.54, 1.807) is 14.0 Å². The Kier molecular flexibility index (Phi) is 9.72. The summed E-state index contributed by atoms with van der Waals surface area (Å²) in [4.78, 5) is 13.6. The molecule has 4 heteroatoms. The highest BCUT2D eigenvalue weighted by Gasteiger charge is 2.17. The molecule has 0 aromatic heterocycles. The molecule has 1 atom stereocenters. The van der Waals surface area contributed by atoms with Gasteiger partial charge in [-0.1, -0.05) is 25.0 Å². The Hall–Kier alpha value is -1.39. The number of likely N-dealkylation sites (tertiary alicyclic amines) is 1. The third-order valence-electron chi connectivity index (χ3n) is 5.21. The van der Waals surface area contributed by atoms with E-state index < -0.39 is 0 Å². The number of rotatable bonds is 13. The molecule has 1 N–H and O–H groups in total. The number of nitrogens with one attached hydrogen (secondary N) is 1. The maximum atomic E-state index is 11.0. The minimum atomic E-state index is 0.313. The van der Waals surface area contributed by atoms with Crippen molar-refractivity contribution in [2.45, 2.75) is 64.3 Å². The molecule has 1 heterocycles. The van der Waals surface area contributed by atoms with Gasteiger partial charge < -0.3 is 19.7 Å². The van der Waals surface area contributed by atoms with Crippen molar-refractivity contribution in [3.8, 4) is 5.75 Å². The number of benzene rings is 1. The Morgan fingerprint density at radius 2 is 1.81 bits per heavy atom. The lowest BCUT2D eigenvalue weighted by atomic mass is 10.0. The largest absolute Gasteiger partial charge is 0.497 e. The Morgan fingerprint density at radius 1 is 1.12 bits per heavy atom. The topological polar surface area (TPSA) is 41.6 Å². The number of unbranched alkanes of at least 4 members (excludes halogenated alkanes) is 3. The van der Waals surface area contributed by atoms with Gasteiger partial charge in [0.25, 0.3) is 0 Å². The Balaban J connectivity index is 1.74. The molecule has 0 saturated carbocycles. The van der Waals surface area contributed by atoms with Gasteiger partial charge >= 0.3 is 0 Å². The first-order valence-corrected chi connectivity index (χ1v) is 10.3. The number of Topliss-reactive ketones (excluding diaryl/α,β-unsaturated/α-hetero) is 1.